The zero-order valence-electron chi connectivity index (χ0n) is 11.2. The fraction of sp³-hybridized carbons (Fsp3) is 0.923. The monoisotopic (exact) mass is 229 g/mol. The number of carbonyl (C=O) groups excluding carboxylic acids is 1. The van der Waals surface area contributed by atoms with E-state index in [4.69, 9.17) is 10.5 Å². The molecule has 0 aromatic heterocycles. The van der Waals surface area contributed by atoms with Gasteiger partial charge in [0.15, 0.2) is 0 Å². The second-order valence-corrected chi connectivity index (χ2v) is 5.15. The summed E-state index contributed by atoms with van der Waals surface area (Å²) in [6.45, 7) is 9.04. The Hall–Kier alpha value is -0.570. The Morgan fingerprint density at radius 2 is 1.81 bits per heavy atom. The second kappa shape index (κ2) is 8.57. The van der Waals surface area contributed by atoms with E-state index in [9.17, 15) is 4.79 Å². The highest BCUT2D eigenvalue weighted by molar-refractivity contribution is 5.69. The molecule has 0 aliphatic rings. The fourth-order valence-electron chi connectivity index (χ4n) is 1.79. The number of ether oxygens (including phenoxy) is 1. The van der Waals surface area contributed by atoms with Crippen LogP contribution >= 0.6 is 0 Å². The van der Waals surface area contributed by atoms with Crippen molar-refractivity contribution in [2.45, 2.75) is 59.5 Å². The minimum Gasteiger partial charge on any atom is -0.463 e. The zero-order chi connectivity index (χ0) is 12.6. The van der Waals surface area contributed by atoms with Crippen LogP contribution in [0.4, 0.5) is 0 Å². The molecule has 0 aromatic carbocycles. The third-order valence-electron chi connectivity index (χ3n) is 2.64. The topological polar surface area (TPSA) is 52.3 Å². The average Bonchev–Trinajstić information content (AvgIpc) is 2.13. The largest absolute Gasteiger partial charge is 0.463 e. The lowest BCUT2D eigenvalue weighted by atomic mass is 10.0. The van der Waals surface area contributed by atoms with Crippen molar-refractivity contribution in [3.8, 4) is 0 Å². The van der Waals surface area contributed by atoms with E-state index in [0.717, 1.165) is 19.3 Å². The lowest BCUT2D eigenvalue weighted by Crippen LogP contribution is -2.17. The van der Waals surface area contributed by atoms with Crippen molar-refractivity contribution in [1.29, 1.82) is 0 Å². The van der Waals surface area contributed by atoms with Gasteiger partial charge in [0.25, 0.3) is 0 Å². The first kappa shape index (κ1) is 15.4. The summed E-state index contributed by atoms with van der Waals surface area (Å²) in [6, 6.07) is 0. The van der Waals surface area contributed by atoms with Crippen LogP contribution in [0.5, 0.6) is 0 Å². The summed E-state index contributed by atoms with van der Waals surface area (Å²) < 4.78 is 5.32. The van der Waals surface area contributed by atoms with E-state index in [1.807, 2.05) is 6.92 Å². The molecule has 2 unspecified atom stereocenters. The van der Waals surface area contributed by atoms with Crippen LogP contribution in [-0.2, 0) is 9.53 Å². The van der Waals surface area contributed by atoms with Gasteiger partial charge in [-0.25, -0.2) is 0 Å². The third kappa shape index (κ3) is 8.72. The highest BCUT2D eigenvalue weighted by Gasteiger charge is 2.12. The Labute approximate surface area is 99.7 Å². The lowest BCUT2D eigenvalue weighted by Gasteiger charge is -2.16. The molecule has 0 saturated carbocycles. The van der Waals surface area contributed by atoms with Crippen molar-refractivity contribution in [3.05, 3.63) is 0 Å². The van der Waals surface area contributed by atoms with E-state index in [1.165, 1.54) is 0 Å². The van der Waals surface area contributed by atoms with Gasteiger partial charge in [0.2, 0.25) is 0 Å². The van der Waals surface area contributed by atoms with Gasteiger partial charge in [0.05, 0.1) is 6.10 Å². The SMILES string of the molecule is CC(C)CC(C)OC(=O)CCC(C)CCN. The molecule has 0 aliphatic carbocycles. The molecule has 0 amide bonds. The van der Waals surface area contributed by atoms with E-state index >= 15 is 0 Å². The van der Waals surface area contributed by atoms with Gasteiger partial charge in [0.1, 0.15) is 0 Å². The second-order valence-electron chi connectivity index (χ2n) is 5.15. The number of rotatable bonds is 8. The van der Waals surface area contributed by atoms with Gasteiger partial charge >= 0.3 is 5.97 Å². The highest BCUT2D eigenvalue weighted by atomic mass is 16.5. The predicted octanol–water partition coefficient (Wildman–Crippen LogP) is 2.73. The van der Waals surface area contributed by atoms with Crippen LogP contribution < -0.4 is 5.73 Å². The van der Waals surface area contributed by atoms with Crippen molar-refractivity contribution in [2.75, 3.05) is 6.54 Å². The van der Waals surface area contributed by atoms with E-state index < -0.39 is 0 Å². The van der Waals surface area contributed by atoms with Crippen LogP contribution in [0.3, 0.4) is 0 Å². The molecular formula is C13H27NO2. The third-order valence-corrected chi connectivity index (χ3v) is 2.64. The van der Waals surface area contributed by atoms with Crippen LogP contribution in [0.1, 0.15) is 53.4 Å². The molecule has 16 heavy (non-hydrogen) atoms. The molecule has 0 bridgehead atoms. The summed E-state index contributed by atoms with van der Waals surface area (Å²) in [6.07, 6.45) is 3.35. The van der Waals surface area contributed by atoms with E-state index in [-0.39, 0.29) is 12.1 Å². The van der Waals surface area contributed by atoms with Crippen LogP contribution in [0, 0.1) is 11.8 Å². The molecule has 0 fully saturated rings. The first-order valence-electron chi connectivity index (χ1n) is 6.35. The lowest BCUT2D eigenvalue weighted by molar-refractivity contribution is -0.149. The Balaban J connectivity index is 3.65. The minimum absolute atomic E-state index is 0.0392. The maximum atomic E-state index is 11.5. The summed E-state index contributed by atoms with van der Waals surface area (Å²) >= 11 is 0. The normalized spacial score (nSPS) is 14.9. The van der Waals surface area contributed by atoms with Crippen molar-refractivity contribution >= 4 is 5.97 Å². The van der Waals surface area contributed by atoms with E-state index in [1.54, 1.807) is 0 Å². The van der Waals surface area contributed by atoms with Gasteiger partial charge in [-0.2, -0.15) is 0 Å². The molecule has 3 nitrogen and oxygen atoms in total. The molecule has 96 valence electrons. The molecule has 0 saturated heterocycles. The summed E-state index contributed by atoms with van der Waals surface area (Å²) in [7, 11) is 0. The molecule has 2 atom stereocenters. The predicted molar refractivity (Wildman–Crippen MR) is 67.1 cm³/mol. The molecule has 0 heterocycles. The number of carbonyl (C=O) groups is 1. The maximum absolute atomic E-state index is 11.5. The van der Waals surface area contributed by atoms with Gasteiger partial charge in [-0.05, 0) is 44.6 Å². The first-order chi connectivity index (χ1) is 7.45. The van der Waals surface area contributed by atoms with E-state index in [0.29, 0.717) is 24.8 Å². The summed E-state index contributed by atoms with van der Waals surface area (Å²) in [4.78, 5) is 11.5. The highest BCUT2D eigenvalue weighted by Crippen LogP contribution is 2.12. The first-order valence-corrected chi connectivity index (χ1v) is 6.35. The molecule has 0 rings (SSSR count). The van der Waals surface area contributed by atoms with Crippen LogP contribution in [0.15, 0.2) is 0 Å². The summed E-state index contributed by atoms with van der Waals surface area (Å²) in [5.41, 5.74) is 5.46. The molecule has 0 spiro atoms. The van der Waals surface area contributed by atoms with Gasteiger partial charge in [-0.3, -0.25) is 4.79 Å². The molecule has 0 aromatic rings. The number of hydrogen-bond donors (Lipinski definition) is 1. The summed E-state index contributed by atoms with van der Waals surface area (Å²) in [5.74, 6) is 1.01. The molecular weight excluding hydrogens is 202 g/mol. The van der Waals surface area contributed by atoms with E-state index in [2.05, 4.69) is 20.8 Å². The standard InChI is InChI=1S/C13H27NO2/c1-10(2)9-12(4)16-13(15)6-5-11(3)7-8-14/h10-12H,5-9,14H2,1-4H3. The maximum Gasteiger partial charge on any atom is 0.306 e. The van der Waals surface area contributed by atoms with Crippen LogP contribution in [0.2, 0.25) is 0 Å². The smallest absolute Gasteiger partial charge is 0.306 e. The Morgan fingerprint density at radius 1 is 1.19 bits per heavy atom. The Kier molecular flexibility index (Phi) is 8.26. The van der Waals surface area contributed by atoms with Gasteiger partial charge in [0, 0.05) is 6.42 Å². The van der Waals surface area contributed by atoms with Crippen molar-refractivity contribution in [2.24, 2.45) is 17.6 Å². The zero-order valence-corrected chi connectivity index (χ0v) is 11.2. The van der Waals surface area contributed by atoms with Gasteiger partial charge in [-0.15, -0.1) is 0 Å². The van der Waals surface area contributed by atoms with Crippen molar-refractivity contribution < 1.29 is 9.53 Å². The van der Waals surface area contributed by atoms with Gasteiger partial charge < -0.3 is 10.5 Å². The molecule has 0 radical (unpaired) electrons. The van der Waals surface area contributed by atoms with Crippen molar-refractivity contribution in [3.63, 3.8) is 0 Å². The van der Waals surface area contributed by atoms with Crippen LogP contribution in [-0.4, -0.2) is 18.6 Å². The Morgan fingerprint density at radius 3 is 2.31 bits per heavy atom. The molecule has 0 aliphatic heterocycles. The molecule has 3 heteroatoms. The van der Waals surface area contributed by atoms with Gasteiger partial charge in [-0.1, -0.05) is 20.8 Å². The number of hydrogen-bond acceptors (Lipinski definition) is 3. The van der Waals surface area contributed by atoms with Crippen LogP contribution in [0.25, 0.3) is 0 Å². The summed E-state index contributed by atoms with van der Waals surface area (Å²) in [5, 5.41) is 0. The fourth-order valence-corrected chi connectivity index (χ4v) is 1.79. The number of nitrogens with two attached hydrogens (primary N) is 1. The average molecular weight is 229 g/mol. The minimum atomic E-state index is -0.0722. The quantitative estimate of drug-likeness (QED) is 0.651. The van der Waals surface area contributed by atoms with Crippen molar-refractivity contribution in [1.82, 2.24) is 0 Å². The molecule has 2 N–H and O–H groups in total. The Bertz CT molecular complexity index is 192. The number of esters is 1.